The molecule has 1 saturated heterocycles. The topological polar surface area (TPSA) is 94.2 Å². The number of para-hydroxylation sites is 1. The molecule has 0 aliphatic carbocycles. The molecule has 7 nitrogen and oxygen atoms in total. The van der Waals surface area contributed by atoms with Gasteiger partial charge in [0.15, 0.2) is 11.6 Å². The lowest BCUT2D eigenvalue weighted by Gasteiger charge is -2.33. The van der Waals surface area contributed by atoms with E-state index in [0.717, 1.165) is 12.8 Å². The highest BCUT2D eigenvalue weighted by Crippen LogP contribution is 2.33. The summed E-state index contributed by atoms with van der Waals surface area (Å²) in [6, 6.07) is 9.50. The molecule has 0 unspecified atom stereocenters. The van der Waals surface area contributed by atoms with Crippen LogP contribution >= 0.6 is 0 Å². The number of ether oxygens (including phenoxy) is 1. The third kappa shape index (κ3) is 4.01. The summed E-state index contributed by atoms with van der Waals surface area (Å²) in [7, 11) is 0. The van der Waals surface area contributed by atoms with Crippen molar-refractivity contribution in [1.82, 2.24) is 19.9 Å². The lowest BCUT2D eigenvalue weighted by atomic mass is 9.94. The zero-order valence-electron chi connectivity index (χ0n) is 15.7. The number of nitrogens with zero attached hydrogens (tertiary/aromatic N) is 4. The number of pyridine rings is 1. The summed E-state index contributed by atoms with van der Waals surface area (Å²) >= 11 is 0. The van der Waals surface area contributed by atoms with Gasteiger partial charge in [-0.2, -0.15) is 0 Å². The molecule has 4 rings (SSSR count). The summed E-state index contributed by atoms with van der Waals surface area (Å²) in [6.45, 7) is 1.06. The first kappa shape index (κ1) is 18.8. The SMILES string of the molecule is Nc1ncccc1C(=O)N1CCC[C@@H](c2nccnc2Oc2ccccc2F)C1. The number of piperidine rings is 1. The standard InChI is InChI=1S/C21H20FN5O2/c22-16-7-1-2-8-17(16)29-20-18(24-10-11-26-20)14-5-4-12-27(13-14)21(28)15-6-3-9-25-19(15)23/h1-3,6-11,14H,4-5,12-13H2,(H2,23,25)/t14-/m1/s1. The van der Waals surface area contributed by atoms with Gasteiger partial charge in [0.05, 0.1) is 5.56 Å². The molecule has 29 heavy (non-hydrogen) atoms. The van der Waals surface area contributed by atoms with Gasteiger partial charge in [-0.15, -0.1) is 0 Å². The molecule has 1 amide bonds. The maximum absolute atomic E-state index is 14.0. The van der Waals surface area contributed by atoms with Crippen LogP contribution in [0.25, 0.3) is 0 Å². The molecule has 0 bridgehead atoms. The van der Waals surface area contributed by atoms with Crippen molar-refractivity contribution in [2.45, 2.75) is 18.8 Å². The Balaban J connectivity index is 1.57. The Morgan fingerprint density at radius 2 is 1.93 bits per heavy atom. The Morgan fingerprint density at radius 3 is 2.76 bits per heavy atom. The number of carbonyl (C=O) groups is 1. The van der Waals surface area contributed by atoms with Crippen molar-refractivity contribution >= 4 is 11.7 Å². The molecule has 1 aromatic carbocycles. The molecule has 148 valence electrons. The number of hydrogen-bond donors (Lipinski definition) is 1. The van der Waals surface area contributed by atoms with Crippen molar-refractivity contribution in [3.63, 3.8) is 0 Å². The van der Waals surface area contributed by atoms with Crippen LogP contribution in [-0.2, 0) is 0 Å². The summed E-state index contributed by atoms with van der Waals surface area (Å²) in [6.07, 6.45) is 6.24. The molecule has 3 heterocycles. The van der Waals surface area contributed by atoms with Crippen LogP contribution in [0.1, 0.15) is 34.8 Å². The molecule has 8 heteroatoms. The number of likely N-dealkylation sites (tertiary alicyclic amines) is 1. The molecule has 1 fully saturated rings. The smallest absolute Gasteiger partial charge is 0.257 e. The Bertz CT molecular complexity index is 1030. The highest BCUT2D eigenvalue weighted by molar-refractivity contribution is 5.98. The van der Waals surface area contributed by atoms with E-state index in [-0.39, 0.29) is 29.3 Å². The molecular weight excluding hydrogens is 373 g/mol. The maximum Gasteiger partial charge on any atom is 0.257 e. The van der Waals surface area contributed by atoms with Crippen LogP contribution in [-0.4, -0.2) is 38.8 Å². The van der Waals surface area contributed by atoms with Crippen molar-refractivity contribution in [2.75, 3.05) is 18.8 Å². The maximum atomic E-state index is 14.0. The molecule has 0 spiro atoms. The minimum atomic E-state index is -0.475. The number of benzene rings is 1. The van der Waals surface area contributed by atoms with Crippen LogP contribution in [0.5, 0.6) is 11.6 Å². The molecular formula is C21H20FN5O2. The predicted octanol–water partition coefficient (Wildman–Crippen LogP) is 3.41. The van der Waals surface area contributed by atoms with Crippen molar-refractivity contribution < 1.29 is 13.9 Å². The van der Waals surface area contributed by atoms with E-state index in [9.17, 15) is 9.18 Å². The molecule has 3 aromatic rings. The first-order valence-electron chi connectivity index (χ1n) is 9.36. The quantitative estimate of drug-likeness (QED) is 0.730. The largest absolute Gasteiger partial charge is 0.434 e. The third-order valence-electron chi connectivity index (χ3n) is 4.90. The average Bonchev–Trinajstić information content (AvgIpc) is 2.76. The minimum Gasteiger partial charge on any atom is -0.434 e. The minimum absolute atomic E-state index is 0.0823. The molecule has 1 aliphatic heterocycles. The zero-order valence-corrected chi connectivity index (χ0v) is 15.7. The summed E-state index contributed by atoms with van der Waals surface area (Å²) in [5.41, 5.74) is 6.85. The Morgan fingerprint density at radius 1 is 1.10 bits per heavy atom. The fourth-order valence-corrected chi connectivity index (χ4v) is 3.48. The van der Waals surface area contributed by atoms with Crippen molar-refractivity contribution in [3.8, 4) is 11.6 Å². The van der Waals surface area contributed by atoms with Crippen LogP contribution in [0.3, 0.4) is 0 Å². The van der Waals surface area contributed by atoms with E-state index in [2.05, 4.69) is 15.0 Å². The predicted molar refractivity (Wildman–Crippen MR) is 105 cm³/mol. The van der Waals surface area contributed by atoms with Crippen LogP contribution < -0.4 is 10.5 Å². The van der Waals surface area contributed by atoms with E-state index in [1.807, 2.05) is 0 Å². The second-order valence-corrected chi connectivity index (χ2v) is 6.81. The van der Waals surface area contributed by atoms with Gasteiger partial charge in [0.2, 0.25) is 5.88 Å². The number of nitrogens with two attached hydrogens (primary N) is 1. The molecule has 0 radical (unpaired) electrons. The molecule has 1 atom stereocenters. The molecule has 2 N–H and O–H groups in total. The van der Waals surface area contributed by atoms with Crippen molar-refractivity contribution in [2.24, 2.45) is 0 Å². The van der Waals surface area contributed by atoms with E-state index in [1.54, 1.807) is 41.6 Å². The average molecular weight is 393 g/mol. The number of nitrogen functional groups attached to an aromatic ring is 1. The van der Waals surface area contributed by atoms with E-state index in [0.29, 0.717) is 24.3 Å². The number of hydrogen-bond acceptors (Lipinski definition) is 6. The summed E-state index contributed by atoms with van der Waals surface area (Å²) in [5.74, 6) is -0.181. The number of anilines is 1. The number of halogens is 1. The van der Waals surface area contributed by atoms with E-state index >= 15 is 0 Å². The number of aromatic nitrogens is 3. The van der Waals surface area contributed by atoms with Crippen LogP contribution in [0.4, 0.5) is 10.2 Å². The van der Waals surface area contributed by atoms with Crippen molar-refractivity contribution in [1.29, 1.82) is 0 Å². The van der Waals surface area contributed by atoms with Gasteiger partial charge < -0.3 is 15.4 Å². The molecule has 1 aliphatic rings. The monoisotopic (exact) mass is 393 g/mol. The fourth-order valence-electron chi connectivity index (χ4n) is 3.48. The summed E-state index contributed by atoms with van der Waals surface area (Å²) < 4.78 is 19.7. The Kier molecular flexibility index (Phi) is 5.33. The summed E-state index contributed by atoms with van der Waals surface area (Å²) in [4.78, 5) is 27.3. The van der Waals surface area contributed by atoms with Gasteiger partial charge >= 0.3 is 0 Å². The normalized spacial score (nSPS) is 16.4. The number of carbonyl (C=O) groups excluding carboxylic acids is 1. The zero-order chi connectivity index (χ0) is 20.2. The van der Waals surface area contributed by atoms with E-state index < -0.39 is 5.82 Å². The van der Waals surface area contributed by atoms with E-state index in [1.165, 1.54) is 18.3 Å². The van der Waals surface area contributed by atoms with E-state index in [4.69, 9.17) is 10.5 Å². The Hall–Kier alpha value is -3.55. The van der Waals surface area contributed by atoms with Gasteiger partial charge in [0.25, 0.3) is 5.91 Å². The van der Waals surface area contributed by atoms with Gasteiger partial charge in [-0.05, 0) is 37.1 Å². The van der Waals surface area contributed by atoms with Crippen LogP contribution in [0, 0.1) is 5.82 Å². The first-order valence-corrected chi connectivity index (χ1v) is 9.36. The lowest BCUT2D eigenvalue weighted by molar-refractivity contribution is 0.0705. The highest BCUT2D eigenvalue weighted by Gasteiger charge is 2.30. The summed E-state index contributed by atoms with van der Waals surface area (Å²) in [5, 5.41) is 0. The second-order valence-electron chi connectivity index (χ2n) is 6.81. The van der Waals surface area contributed by atoms with Gasteiger partial charge in [0, 0.05) is 37.6 Å². The van der Waals surface area contributed by atoms with Crippen LogP contribution in [0.2, 0.25) is 0 Å². The number of amides is 1. The van der Waals surface area contributed by atoms with Gasteiger partial charge in [0.1, 0.15) is 11.5 Å². The molecule has 0 saturated carbocycles. The molecule has 2 aromatic heterocycles. The van der Waals surface area contributed by atoms with Crippen LogP contribution in [0.15, 0.2) is 55.0 Å². The fraction of sp³-hybridized carbons (Fsp3) is 0.238. The van der Waals surface area contributed by atoms with Gasteiger partial charge in [-0.1, -0.05) is 12.1 Å². The number of rotatable bonds is 4. The van der Waals surface area contributed by atoms with Gasteiger partial charge in [-0.25, -0.2) is 14.4 Å². The first-order chi connectivity index (χ1) is 14.1. The van der Waals surface area contributed by atoms with Gasteiger partial charge in [-0.3, -0.25) is 9.78 Å². The lowest BCUT2D eigenvalue weighted by Crippen LogP contribution is -2.39. The van der Waals surface area contributed by atoms with Crippen molar-refractivity contribution in [3.05, 3.63) is 72.1 Å². The Labute approximate surface area is 167 Å². The third-order valence-corrected chi connectivity index (χ3v) is 4.90. The highest BCUT2D eigenvalue weighted by atomic mass is 19.1. The second kappa shape index (κ2) is 8.22.